The first-order valence-electron chi connectivity index (χ1n) is 6.92. The molecule has 21 heavy (non-hydrogen) atoms. The van der Waals surface area contributed by atoms with Gasteiger partial charge in [0.15, 0.2) is 0 Å². The third-order valence-corrected chi connectivity index (χ3v) is 3.67. The minimum atomic E-state index is -1.00. The van der Waals surface area contributed by atoms with Gasteiger partial charge in [-0.2, -0.15) is 0 Å². The van der Waals surface area contributed by atoms with E-state index in [1.807, 2.05) is 13.8 Å². The van der Waals surface area contributed by atoms with Crippen molar-refractivity contribution in [3.63, 3.8) is 0 Å². The van der Waals surface area contributed by atoms with Crippen LogP contribution in [0.3, 0.4) is 0 Å². The van der Waals surface area contributed by atoms with Gasteiger partial charge in [-0.3, -0.25) is 0 Å². The number of urea groups is 1. The number of amides is 2. The molecule has 2 atom stereocenters. The number of hydrogen-bond donors (Lipinski definition) is 2. The molecule has 0 saturated carbocycles. The number of carbonyl (C=O) groups is 2. The number of nitrogens with zero attached hydrogens (tertiary/aromatic N) is 1. The van der Waals surface area contributed by atoms with E-state index in [2.05, 4.69) is 5.32 Å². The Balaban J connectivity index is 2.16. The first-order valence-corrected chi connectivity index (χ1v) is 6.92. The maximum absolute atomic E-state index is 12.4. The molecule has 0 aliphatic carbocycles. The fourth-order valence-corrected chi connectivity index (χ4v) is 2.38. The molecule has 2 rings (SSSR count). The quantitative estimate of drug-likeness (QED) is 0.877. The number of hydrogen-bond acceptors (Lipinski definition) is 3. The molecule has 0 bridgehead atoms. The number of carbonyl (C=O) groups excluding carboxylic acids is 1. The molecule has 1 aromatic carbocycles. The van der Waals surface area contributed by atoms with Crippen LogP contribution in [0.25, 0.3) is 0 Å². The lowest BCUT2D eigenvalue weighted by molar-refractivity contribution is -0.0296. The smallest absolute Gasteiger partial charge is 0.336 e. The van der Waals surface area contributed by atoms with Crippen molar-refractivity contribution in [2.75, 3.05) is 18.5 Å². The van der Waals surface area contributed by atoms with E-state index in [1.54, 1.807) is 24.0 Å². The molecule has 1 fully saturated rings. The third kappa shape index (κ3) is 3.33. The zero-order chi connectivity index (χ0) is 15.6. The molecule has 2 unspecified atom stereocenters. The SMILES string of the molecule is Cc1c(NC(=O)N2CC(C)OCC2C)cccc1C(=O)O. The molecular formula is C15H20N2O4. The molecule has 1 aliphatic heterocycles. The number of benzene rings is 1. The summed E-state index contributed by atoms with van der Waals surface area (Å²) >= 11 is 0. The second-order valence-electron chi connectivity index (χ2n) is 5.36. The first-order chi connectivity index (χ1) is 9.90. The maximum atomic E-state index is 12.4. The largest absolute Gasteiger partial charge is 0.478 e. The van der Waals surface area contributed by atoms with Crippen molar-refractivity contribution in [3.8, 4) is 0 Å². The van der Waals surface area contributed by atoms with Crippen LogP contribution in [0.1, 0.15) is 29.8 Å². The van der Waals surface area contributed by atoms with Gasteiger partial charge in [0, 0.05) is 12.2 Å². The molecule has 1 aliphatic rings. The van der Waals surface area contributed by atoms with Crippen LogP contribution in [0.2, 0.25) is 0 Å². The molecule has 2 N–H and O–H groups in total. The maximum Gasteiger partial charge on any atom is 0.336 e. The lowest BCUT2D eigenvalue weighted by atomic mass is 10.1. The molecule has 1 saturated heterocycles. The Kier molecular flexibility index (Phi) is 4.47. The fraction of sp³-hybridized carbons (Fsp3) is 0.467. The number of anilines is 1. The van der Waals surface area contributed by atoms with Gasteiger partial charge >= 0.3 is 12.0 Å². The van der Waals surface area contributed by atoms with Crippen molar-refractivity contribution in [2.24, 2.45) is 0 Å². The van der Waals surface area contributed by atoms with Crippen LogP contribution >= 0.6 is 0 Å². The van der Waals surface area contributed by atoms with Crippen LogP contribution in [0.5, 0.6) is 0 Å². The average molecular weight is 292 g/mol. The molecule has 6 heteroatoms. The minimum absolute atomic E-state index is 0.00148. The molecule has 2 amide bonds. The second kappa shape index (κ2) is 6.13. The number of aromatic carboxylic acids is 1. The zero-order valence-corrected chi connectivity index (χ0v) is 12.4. The Hall–Kier alpha value is -2.08. The predicted molar refractivity (Wildman–Crippen MR) is 78.7 cm³/mol. The van der Waals surface area contributed by atoms with Crippen LogP contribution < -0.4 is 5.32 Å². The van der Waals surface area contributed by atoms with Crippen LogP contribution in [0.15, 0.2) is 18.2 Å². The Morgan fingerprint density at radius 1 is 1.38 bits per heavy atom. The summed E-state index contributed by atoms with van der Waals surface area (Å²) in [4.78, 5) is 25.2. The molecule has 0 spiro atoms. The number of carboxylic acid groups (broad SMARTS) is 1. The molecule has 1 heterocycles. The molecule has 0 aromatic heterocycles. The standard InChI is InChI=1S/C15H20N2O4/c1-9-8-21-10(2)7-17(9)15(20)16-13-6-4-5-12(11(13)3)14(18)19/h4-6,9-10H,7-8H2,1-3H3,(H,16,20)(H,18,19). The minimum Gasteiger partial charge on any atom is -0.478 e. The van der Waals surface area contributed by atoms with Gasteiger partial charge in [0.25, 0.3) is 0 Å². The van der Waals surface area contributed by atoms with E-state index < -0.39 is 5.97 Å². The van der Waals surface area contributed by atoms with E-state index >= 15 is 0 Å². The van der Waals surface area contributed by atoms with E-state index in [9.17, 15) is 9.59 Å². The van der Waals surface area contributed by atoms with Gasteiger partial charge in [-0.1, -0.05) is 6.07 Å². The summed E-state index contributed by atoms with van der Waals surface area (Å²) in [6.45, 7) is 6.55. The monoisotopic (exact) mass is 292 g/mol. The summed E-state index contributed by atoms with van der Waals surface area (Å²) in [6, 6.07) is 4.60. The van der Waals surface area contributed by atoms with Gasteiger partial charge in [-0.25, -0.2) is 9.59 Å². The van der Waals surface area contributed by atoms with E-state index in [4.69, 9.17) is 9.84 Å². The Bertz CT molecular complexity index is 559. The van der Waals surface area contributed by atoms with Crippen molar-refractivity contribution in [1.82, 2.24) is 4.90 Å². The predicted octanol–water partition coefficient (Wildman–Crippen LogP) is 2.33. The first kappa shape index (κ1) is 15.3. The Labute approximate surface area is 123 Å². The number of rotatable bonds is 2. The highest BCUT2D eigenvalue weighted by Crippen LogP contribution is 2.20. The van der Waals surface area contributed by atoms with E-state index in [0.717, 1.165) is 0 Å². The lowest BCUT2D eigenvalue weighted by Gasteiger charge is -2.36. The van der Waals surface area contributed by atoms with E-state index in [-0.39, 0.29) is 23.7 Å². The van der Waals surface area contributed by atoms with Crippen molar-refractivity contribution < 1.29 is 19.4 Å². The third-order valence-electron chi connectivity index (χ3n) is 3.67. The average Bonchev–Trinajstić information content (AvgIpc) is 2.43. The summed E-state index contributed by atoms with van der Waals surface area (Å²) in [7, 11) is 0. The highest BCUT2D eigenvalue weighted by Gasteiger charge is 2.27. The van der Waals surface area contributed by atoms with E-state index in [1.165, 1.54) is 6.07 Å². The van der Waals surface area contributed by atoms with Crippen molar-refractivity contribution in [1.29, 1.82) is 0 Å². The number of morpholine rings is 1. The van der Waals surface area contributed by atoms with Gasteiger partial charge in [-0.05, 0) is 38.5 Å². The number of nitrogens with one attached hydrogen (secondary N) is 1. The van der Waals surface area contributed by atoms with Gasteiger partial charge in [-0.15, -0.1) is 0 Å². The summed E-state index contributed by atoms with van der Waals surface area (Å²) in [5.41, 5.74) is 1.26. The highest BCUT2D eigenvalue weighted by molar-refractivity contribution is 5.95. The fourth-order valence-electron chi connectivity index (χ4n) is 2.38. The van der Waals surface area contributed by atoms with Crippen LogP contribution in [0.4, 0.5) is 10.5 Å². The normalized spacial score (nSPS) is 22.0. The Morgan fingerprint density at radius 3 is 2.76 bits per heavy atom. The van der Waals surface area contributed by atoms with Crippen LogP contribution in [-0.2, 0) is 4.74 Å². The van der Waals surface area contributed by atoms with Crippen LogP contribution in [-0.4, -0.2) is 47.3 Å². The van der Waals surface area contributed by atoms with Gasteiger partial charge in [0.1, 0.15) is 0 Å². The van der Waals surface area contributed by atoms with E-state index in [0.29, 0.717) is 24.4 Å². The summed E-state index contributed by atoms with van der Waals surface area (Å²) < 4.78 is 5.50. The topological polar surface area (TPSA) is 78.9 Å². The van der Waals surface area contributed by atoms with Crippen LogP contribution in [0, 0.1) is 6.92 Å². The summed E-state index contributed by atoms with van der Waals surface area (Å²) in [5, 5.41) is 11.9. The summed E-state index contributed by atoms with van der Waals surface area (Å²) in [6.07, 6.45) is -0.00148. The second-order valence-corrected chi connectivity index (χ2v) is 5.36. The van der Waals surface area contributed by atoms with Crippen molar-refractivity contribution in [2.45, 2.75) is 32.9 Å². The van der Waals surface area contributed by atoms with Gasteiger partial charge < -0.3 is 20.1 Å². The Morgan fingerprint density at radius 2 is 2.10 bits per heavy atom. The van der Waals surface area contributed by atoms with Crippen molar-refractivity contribution >= 4 is 17.7 Å². The molecule has 1 aromatic rings. The molecule has 6 nitrogen and oxygen atoms in total. The van der Waals surface area contributed by atoms with Gasteiger partial charge in [0.2, 0.25) is 0 Å². The molecule has 114 valence electrons. The molecular weight excluding hydrogens is 272 g/mol. The number of carboxylic acids is 1. The molecule has 0 radical (unpaired) electrons. The lowest BCUT2D eigenvalue weighted by Crippen LogP contribution is -2.51. The highest BCUT2D eigenvalue weighted by atomic mass is 16.5. The van der Waals surface area contributed by atoms with Gasteiger partial charge in [0.05, 0.1) is 24.3 Å². The summed E-state index contributed by atoms with van der Waals surface area (Å²) in [5.74, 6) is -1.00. The zero-order valence-electron chi connectivity index (χ0n) is 12.4. The van der Waals surface area contributed by atoms with Crippen molar-refractivity contribution in [3.05, 3.63) is 29.3 Å². The number of ether oxygens (including phenoxy) is 1.